The van der Waals surface area contributed by atoms with Crippen molar-refractivity contribution in [2.75, 3.05) is 20.0 Å². The minimum Gasteiger partial charge on any atom is -0.355 e. The van der Waals surface area contributed by atoms with Crippen LogP contribution in [0.5, 0.6) is 0 Å². The molecule has 1 aliphatic rings. The number of rotatable bonds is 2. The van der Waals surface area contributed by atoms with Gasteiger partial charge in [-0.2, -0.15) is 5.10 Å². The van der Waals surface area contributed by atoms with Gasteiger partial charge in [0.05, 0.1) is 24.8 Å². The molecule has 0 aromatic carbocycles. The van der Waals surface area contributed by atoms with Gasteiger partial charge in [-0.1, -0.05) is 0 Å². The van der Waals surface area contributed by atoms with Gasteiger partial charge in [-0.3, -0.25) is 4.98 Å². The van der Waals surface area contributed by atoms with Crippen LogP contribution >= 0.6 is 0 Å². The molecular weight excluding hydrogens is 194 g/mol. The second-order valence-corrected chi connectivity index (χ2v) is 3.31. The molecule has 0 radical (unpaired) electrons. The third-order valence-corrected chi connectivity index (χ3v) is 2.31. The van der Waals surface area contributed by atoms with E-state index in [1.165, 1.54) is 0 Å². The summed E-state index contributed by atoms with van der Waals surface area (Å²) in [6.07, 6.45) is 3.43. The van der Waals surface area contributed by atoms with E-state index in [2.05, 4.69) is 10.1 Å². The van der Waals surface area contributed by atoms with Crippen LogP contribution in [0.15, 0.2) is 29.6 Å². The first-order valence-electron chi connectivity index (χ1n) is 4.75. The van der Waals surface area contributed by atoms with Crippen LogP contribution in [0, 0.1) is 5.92 Å². The van der Waals surface area contributed by atoms with E-state index in [1.807, 2.05) is 12.1 Å². The lowest BCUT2D eigenvalue weighted by Gasteiger charge is -2.23. The van der Waals surface area contributed by atoms with Gasteiger partial charge < -0.3 is 15.3 Å². The minimum atomic E-state index is 0.103. The summed E-state index contributed by atoms with van der Waals surface area (Å²) in [5, 5.41) is 3.81. The van der Waals surface area contributed by atoms with Gasteiger partial charge in [-0.25, -0.2) is 0 Å². The molecule has 0 bridgehead atoms. The summed E-state index contributed by atoms with van der Waals surface area (Å²) in [5.74, 6) is 5.49. The molecule has 0 aliphatic carbocycles. The molecule has 1 fully saturated rings. The number of hydrogen-bond acceptors (Lipinski definition) is 5. The standard InChI is InChI=1S/C10H13N3O2/c11-13-10(8-1-3-12-4-2-8)9-5-14-7-15-6-9/h1-4,9H,5-7,11H2. The first-order valence-corrected chi connectivity index (χ1v) is 4.75. The Kier molecular flexibility index (Phi) is 3.26. The summed E-state index contributed by atoms with van der Waals surface area (Å²) >= 11 is 0. The van der Waals surface area contributed by atoms with Crippen molar-refractivity contribution in [3.63, 3.8) is 0 Å². The van der Waals surface area contributed by atoms with Gasteiger partial charge in [0, 0.05) is 18.0 Å². The number of hydrazone groups is 1. The van der Waals surface area contributed by atoms with E-state index < -0.39 is 0 Å². The number of nitrogens with zero attached hydrogens (tertiary/aromatic N) is 2. The first kappa shape index (κ1) is 10.1. The van der Waals surface area contributed by atoms with Crippen LogP contribution in [-0.4, -0.2) is 30.7 Å². The Bertz CT molecular complexity index is 334. The van der Waals surface area contributed by atoms with E-state index in [4.69, 9.17) is 15.3 Å². The zero-order valence-corrected chi connectivity index (χ0v) is 8.30. The third kappa shape index (κ3) is 2.31. The fourth-order valence-corrected chi connectivity index (χ4v) is 1.58. The van der Waals surface area contributed by atoms with Crippen molar-refractivity contribution in [3.8, 4) is 0 Å². The van der Waals surface area contributed by atoms with Crippen molar-refractivity contribution in [2.45, 2.75) is 0 Å². The van der Waals surface area contributed by atoms with Gasteiger partial charge in [0.25, 0.3) is 0 Å². The zero-order valence-electron chi connectivity index (χ0n) is 8.30. The molecule has 2 heterocycles. The highest BCUT2D eigenvalue weighted by Crippen LogP contribution is 2.13. The lowest BCUT2D eigenvalue weighted by Crippen LogP contribution is -2.32. The highest BCUT2D eigenvalue weighted by Gasteiger charge is 2.21. The summed E-state index contributed by atoms with van der Waals surface area (Å²) in [5.41, 5.74) is 1.77. The van der Waals surface area contributed by atoms with Crippen molar-refractivity contribution >= 4 is 5.71 Å². The smallest absolute Gasteiger partial charge is 0.146 e. The van der Waals surface area contributed by atoms with Gasteiger partial charge >= 0.3 is 0 Å². The maximum Gasteiger partial charge on any atom is 0.146 e. The summed E-state index contributed by atoms with van der Waals surface area (Å²) in [6.45, 7) is 1.54. The van der Waals surface area contributed by atoms with E-state index in [0.717, 1.165) is 11.3 Å². The molecule has 80 valence electrons. The predicted octanol–water partition coefficient (Wildman–Crippen LogP) is 0.365. The van der Waals surface area contributed by atoms with Crippen molar-refractivity contribution < 1.29 is 9.47 Å². The van der Waals surface area contributed by atoms with Gasteiger partial charge in [0.1, 0.15) is 6.79 Å². The average Bonchev–Trinajstić information content (AvgIpc) is 2.33. The van der Waals surface area contributed by atoms with E-state index in [1.54, 1.807) is 12.4 Å². The topological polar surface area (TPSA) is 69.7 Å². The van der Waals surface area contributed by atoms with Crippen LogP contribution in [0.1, 0.15) is 5.56 Å². The Labute approximate surface area is 87.9 Å². The Balaban J connectivity index is 2.17. The Morgan fingerprint density at radius 1 is 1.33 bits per heavy atom. The van der Waals surface area contributed by atoms with Gasteiger partial charge in [-0.05, 0) is 12.1 Å². The van der Waals surface area contributed by atoms with E-state index in [-0.39, 0.29) is 5.92 Å². The molecule has 0 spiro atoms. The lowest BCUT2D eigenvalue weighted by molar-refractivity contribution is -0.111. The molecule has 15 heavy (non-hydrogen) atoms. The molecule has 5 heteroatoms. The maximum atomic E-state index is 5.39. The second kappa shape index (κ2) is 4.86. The second-order valence-electron chi connectivity index (χ2n) is 3.31. The fraction of sp³-hybridized carbons (Fsp3) is 0.400. The lowest BCUT2D eigenvalue weighted by atomic mass is 9.98. The molecule has 2 N–H and O–H groups in total. The van der Waals surface area contributed by atoms with Gasteiger partial charge in [-0.15, -0.1) is 0 Å². The van der Waals surface area contributed by atoms with Crippen LogP contribution in [0.3, 0.4) is 0 Å². The SMILES string of the molecule is NN=C(c1ccncc1)C1COCOC1. The predicted molar refractivity (Wildman–Crippen MR) is 55.2 cm³/mol. The Morgan fingerprint density at radius 2 is 2.00 bits per heavy atom. The quantitative estimate of drug-likeness (QED) is 0.432. The normalized spacial score (nSPS) is 19.1. The summed E-state index contributed by atoms with van der Waals surface area (Å²) < 4.78 is 10.4. The molecular formula is C10H13N3O2. The highest BCUT2D eigenvalue weighted by atomic mass is 16.7. The van der Waals surface area contributed by atoms with Crippen molar-refractivity contribution in [1.29, 1.82) is 0 Å². The van der Waals surface area contributed by atoms with Crippen molar-refractivity contribution in [3.05, 3.63) is 30.1 Å². The molecule has 0 atom stereocenters. The summed E-state index contributed by atoms with van der Waals surface area (Å²) in [4.78, 5) is 3.95. The summed E-state index contributed by atoms with van der Waals surface area (Å²) in [6, 6.07) is 3.75. The molecule has 0 unspecified atom stereocenters. The minimum absolute atomic E-state index is 0.103. The fourth-order valence-electron chi connectivity index (χ4n) is 1.58. The molecule has 1 aromatic rings. The van der Waals surface area contributed by atoms with Crippen molar-refractivity contribution in [2.24, 2.45) is 16.9 Å². The largest absolute Gasteiger partial charge is 0.355 e. The molecule has 1 aliphatic heterocycles. The number of pyridine rings is 1. The molecule has 1 saturated heterocycles. The summed E-state index contributed by atoms with van der Waals surface area (Å²) in [7, 11) is 0. The number of nitrogens with two attached hydrogens (primary N) is 1. The van der Waals surface area contributed by atoms with Crippen LogP contribution in [-0.2, 0) is 9.47 Å². The van der Waals surface area contributed by atoms with Crippen LogP contribution in [0.25, 0.3) is 0 Å². The average molecular weight is 207 g/mol. The number of ether oxygens (including phenoxy) is 2. The van der Waals surface area contributed by atoms with E-state index in [0.29, 0.717) is 20.0 Å². The van der Waals surface area contributed by atoms with Crippen LogP contribution < -0.4 is 5.84 Å². The van der Waals surface area contributed by atoms with Crippen LogP contribution in [0.2, 0.25) is 0 Å². The third-order valence-electron chi connectivity index (χ3n) is 2.31. The first-order chi connectivity index (χ1) is 7.42. The van der Waals surface area contributed by atoms with Gasteiger partial charge in [0.15, 0.2) is 0 Å². The molecule has 5 nitrogen and oxygen atoms in total. The Hall–Kier alpha value is -1.46. The zero-order chi connectivity index (χ0) is 10.5. The van der Waals surface area contributed by atoms with Crippen molar-refractivity contribution in [1.82, 2.24) is 4.98 Å². The highest BCUT2D eigenvalue weighted by molar-refractivity contribution is 6.02. The Morgan fingerprint density at radius 3 is 2.60 bits per heavy atom. The molecule has 1 aromatic heterocycles. The number of hydrogen-bond donors (Lipinski definition) is 1. The number of aromatic nitrogens is 1. The monoisotopic (exact) mass is 207 g/mol. The maximum absolute atomic E-state index is 5.39. The molecule has 0 amide bonds. The molecule has 0 saturated carbocycles. The van der Waals surface area contributed by atoms with E-state index in [9.17, 15) is 0 Å². The van der Waals surface area contributed by atoms with Crippen LogP contribution in [0.4, 0.5) is 0 Å². The van der Waals surface area contributed by atoms with Gasteiger partial charge in [0.2, 0.25) is 0 Å². The molecule has 2 rings (SSSR count). The van der Waals surface area contributed by atoms with E-state index >= 15 is 0 Å².